The first-order chi connectivity index (χ1) is 6.00. The Balaban J connectivity index is 1.97. The van der Waals surface area contributed by atoms with Gasteiger partial charge in [-0.2, -0.15) is 0 Å². The van der Waals surface area contributed by atoms with Crippen LogP contribution in [0.1, 0.15) is 33.1 Å². The zero-order valence-corrected chi connectivity index (χ0v) is 8.97. The van der Waals surface area contributed by atoms with Gasteiger partial charge in [0, 0.05) is 6.04 Å². The highest BCUT2D eigenvalue weighted by Gasteiger charge is 2.49. The maximum Gasteiger partial charge on any atom is 0.214 e. The smallest absolute Gasteiger partial charge is 0.212 e. The lowest BCUT2D eigenvalue weighted by molar-refractivity contribution is 0.518. The quantitative estimate of drug-likeness (QED) is 0.747. The van der Waals surface area contributed by atoms with Crippen LogP contribution in [0.2, 0.25) is 0 Å². The van der Waals surface area contributed by atoms with E-state index in [2.05, 4.69) is 4.72 Å². The van der Waals surface area contributed by atoms with Crippen LogP contribution in [0.4, 0.5) is 0 Å². The molecule has 3 unspecified atom stereocenters. The minimum absolute atomic E-state index is 0.248. The molecule has 0 radical (unpaired) electrons. The highest BCUT2D eigenvalue weighted by molar-refractivity contribution is 7.90. The van der Waals surface area contributed by atoms with E-state index in [9.17, 15) is 8.42 Å². The molecule has 2 aliphatic rings. The van der Waals surface area contributed by atoms with Crippen molar-refractivity contribution in [3.8, 4) is 0 Å². The molecule has 0 aromatic carbocycles. The Kier molecular flexibility index (Phi) is 2.15. The number of rotatable bonds is 3. The van der Waals surface area contributed by atoms with Crippen LogP contribution in [0.5, 0.6) is 0 Å². The second-order valence-electron chi connectivity index (χ2n) is 4.56. The molecule has 0 saturated heterocycles. The fourth-order valence-electron chi connectivity index (χ4n) is 2.20. The minimum atomic E-state index is -3.04. The molecule has 4 heteroatoms. The van der Waals surface area contributed by atoms with Crippen LogP contribution >= 0.6 is 0 Å². The number of hydrogen-bond acceptors (Lipinski definition) is 2. The van der Waals surface area contributed by atoms with Crippen molar-refractivity contribution < 1.29 is 8.42 Å². The van der Waals surface area contributed by atoms with Crippen LogP contribution in [0.25, 0.3) is 0 Å². The van der Waals surface area contributed by atoms with Gasteiger partial charge in [-0.15, -0.1) is 0 Å². The molecule has 0 aromatic heterocycles. The highest BCUT2D eigenvalue weighted by atomic mass is 32.2. The van der Waals surface area contributed by atoms with E-state index in [1.165, 1.54) is 12.8 Å². The zero-order chi connectivity index (χ0) is 9.64. The number of nitrogens with one attached hydrogen (secondary N) is 1. The SMILES string of the molecule is CC(C)S(=O)(=O)NC1CCC2CC21. The van der Waals surface area contributed by atoms with Crippen molar-refractivity contribution in [2.24, 2.45) is 11.8 Å². The summed E-state index contributed by atoms with van der Waals surface area (Å²) in [6.07, 6.45) is 3.50. The average Bonchev–Trinajstić information content (AvgIpc) is 2.70. The lowest BCUT2D eigenvalue weighted by Gasteiger charge is -2.16. The summed E-state index contributed by atoms with van der Waals surface area (Å²) in [6, 6.07) is 0.248. The van der Waals surface area contributed by atoms with Crippen LogP contribution in [0.15, 0.2) is 0 Å². The number of sulfonamides is 1. The van der Waals surface area contributed by atoms with Gasteiger partial charge < -0.3 is 0 Å². The summed E-state index contributed by atoms with van der Waals surface area (Å²) in [5, 5.41) is -0.301. The fourth-order valence-corrected chi connectivity index (χ4v) is 3.18. The van der Waals surface area contributed by atoms with Crippen molar-refractivity contribution in [2.45, 2.75) is 44.4 Å². The summed E-state index contributed by atoms with van der Waals surface area (Å²) in [6.45, 7) is 3.45. The molecule has 0 aromatic rings. The van der Waals surface area contributed by atoms with E-state index in [4.69, 9.17) is 0 Å². The van der Waals surface area contributed by atoms with Crippen LogP contribution in [0, 0.1) is 11.8 Å². The molecule has 2 rings (SSSR count). The lowest BCUT2D eigenvalue weighted by Crippen LogP contribution is -2.39. The summed E-state index contributed by atoms with van der Waals surface area (Å²) in [4.78, 5) is 0. The molecule has 76 valence electrons. The Labute approximate surface area is 80.0 Å². The van der Waals surface area contributed by atoms with Crippen LogP contribution in [0.3, 0.4) is 0 Å². The van der Waals surface area contributed by atoms with Crippen molar-refractivity contribution in [1.29, 1.82) is 0 Å². The molecular weight excluding hydrogens is 186 g/mol. The third kappa shape index (κ3) is 1.74. The summed E-state index contributed by atoms with van der Waals surface area (Å²) in [5.74, 6) is 1.49. The van der Waals surface area contributed by atoms with Crippen LogP contribution in [-0.2, 0) is 10.0 Å². The Hall–Kier alpha value is -0.0900. The monoisotopic (exact) mass is 203 g/mol. The summed E-state index contributed by atoms with van der Waals surface area (Å²) in [7, 11) is -3.04. The maximum atomic E-state index is 11.5. The second-order valence-corrected chi connectivity index (χ2v) is 6.82. The van der Waals surface area contributed by atoms with Gasteiger partial charge in [0.15, 0.2) is 0 Å². The fraction of sp³-hybridized carbons (Fsp3) is 1.00. The molecule has 0 spiro atoms. The van der Waals surface area contributed by atoms with Crippen molar-refractivity contribution in [3.63, 3.8) is 0 Å². The number of hydrogen-bond donors (Lipinski definition) is 1. The predicted octanol–water partition coefficient (Wildman–Crippen LogP) is 1.11. The van der Waals surface area contributed by atoms with Gasteiger partial charge in [-0.05, 0) is 44.9 Å². The van der Waals surface area contributed by atoms with Gasteiger partial charge in [-0.25, -0.2) is 13.1 Å². The third-order valence-corrected chi connectivity index (χ3v) is 5.15. The molecule has 0 bridgehead atoms. The van der Waals surface area contributed by atoms with Crippen molar-refractivity contribution in [2.75, 3.05) is 0 Å². The Morgan fingerprint density at radius 2 is 2.00 bits per heavy atom. The van der Waals surface area contributed by atoms with Crippen molar-refractivity contribution in [3.05, 3.63) is 0 Å². The molecule has 0 aliphatic heterocycles. The van der Waals surface area contributed by atoms with E-state index in [0.29, 0.717) is 5.92 Å². The molecule has 3 atom stereocenters. The topological polar surface area (TPSA) is 46.2 Å². The molecule has 0 amide bonds. The van der Waals surface area contributed by atoms with Gasteiger partial charge >= 0.3 is 0 Å². The summed E-state index contributed by atoms with van der Waals surface area (Å²) < 4.78 is 25.9. The molecule has 2 fully saturated rings. The van der Waals surface area contributed by atoms with E-state index >= 15 is 0 Å². The summed E-state index contributed by atoms with van der Waals surface area (Å²) >= 11 is 0. The van der Waals surface area contributed by atoms with Crippen molar-refractivity contribution in [1.82, 2.24) is 4.72 Å². The molecule has 2 aliphatic carbocycles. The highest BCUT2D eigenvalue weighted by Crippen LogP contribution is 2.51. The zero-order valence-electron chi connectivity index (χ0n) is 8.16. The molecule has 3 nitrogen and oxygen atoms in total. The second kappa shape index (κ2) is 2.95. The van der Waals surface area contributed by atoms with E-state index in [1.54, 1.807) is 13.8 Å². The van der Waals surface area contributed by atoms with Gasteiger partial charge in [0.25, 0.3) is 0 Å². The Bertz CT molecular complexity index is 297. The van der Waals surface area contributed by atoms with E-state index in [-0.39, 0.29) is 11.3 Å². The van der Waals surface area contributed by atoms with Gasteiger partial charge in [0.1, 0.15) is 0 Å². The van der Waals surface area contributed by atoms with Gasteiger partial charge in [-0.3, -0.25) is 0 Å². The lowest BCUT2D eigenvalue weighted by atomic mass is 10.2. The van der Waals surface area contributed by atoms with E-state index in [0.717, 1.165) is 12.3 Å². The van der Waals surface area contributed by atoms with Gasteiger partial charge in [0.05, 0.1) is 5.25 Å². The molecule has 2 saturated carbocycles. The van der Waals surface area contributed by atoms with Crippen LogP contribution < -0.4 is 4.72 Å². The van der Waals surface area contributed by atoms with Gasteiger partial charge in [-0.1, -0.05) is 0 Å². The normalized spacial score (nSPS) is 37.9. The van der Waals surface area contributed by atoms with Crippen LogP contribution in [-0.4, -0.2) is 19.7 Å². The average molecular weight is 203 g/mol. The first-order valence-corrected chi connectivity index (χ1v) is 6.56. The Morgan fingerprint density at radius 1 is 1.31 bits per heavy atom. The first-order valence-electron chi connectivity index (χ1n) is 5.02. The third-order valence-electron chi connectivity index (χ3n) is 3.28. The van der Waals surface area contributed by atoms with E-state index in [1.807, 2.05) is 0 Å². The summed E-state index contributed by atoms with van der Waals surface area (Å²) in [5.41, 5.74) is 0. The molecular formula is C9H17NO2S. The first kappa shape index (κ1) is 9.46. The largest absolute Gasteiger partial charge is 0.214 e. The predicted molar refractivity (Wildman–Crippen MR) is 51.8 cm³/mol. The Morgan fingerprint density at radius 3 is 2.38 bits per heavy atom. The minimum Gasteiger partial charge on any atom is -0.212 e. The maximum absolute atomic E-state index is 11.5. The molecule has 13 heavy (non-hydrogen) atoms. The molecule has 0 heterocycles. The standard InChI is InChI=1S/C9H17NO2S/c1-6(2)13(11,12)10-9-4-3-7-5-8(7)9/h6-10H,3-5H2,1-2H3. The van der Waals surface area contributed by atoms with Gasteiger partial charge in [0.2, 0.25) is 10.0 Å². The van der Waals surface area contributed by atoms with Crippen molar-refractivity contribution >= 4 is 10.0 Å². The number of fused-ring (bicyclic) bond motifs is 1. The molecule has 1 N–H and O–H groups in total. The van der Waals surface area contributed by atoms with E-state index < -0.39 is 10.0 Å².